The van der Waals surface area contributed by atoms with Crippen LogP contribution in [-0.4, -0.2) is 15.4 Å². The Morgan fingerprint density at radius 3 is 2.52 bits per heavy atom. The van der Waals surface area contributed by atoms with Crippen molar-refractivity contribution in [3.05, 3.63) is 68.4 Å². The summed E-state index contributed by atoms with van der Waals surface area (Å²) in [5.41, 5.74) is -2.97. The molecule has 0 radical (unpaired) electrons. The number of aromatic nitrogens is 1. The van der Waals surface area contributed by atoms with E-state index in [9.17, 15) is 37.3 Å². The molecule has 0 aliphatic carbocycles. The van der Waals surface area contributed by atoms with Crippen LogP contribution in [-0.2, 0) is 17.5 Å². The fourth-order valence-corrected chi connectivity index (χ4v) is 1.91. The lowest BCUT2D eigenvalue weighted by Gasteiger charge is -2.11. The molecule has 0 aliphatic rings. The van der Waals surface area contributed by atoms with E-state index < -0.39 is 46.2 Å². The summed E-state index contributed by atoms with van der Waals surface area (Å²) in [7, 11) is 0. The summed E-state index contributed by atoms with van der Waals surface area (Å²) in [6, 6.07) is 3.79. The molecule has 132 valence electrons. The molecule has 1 aromatic carbocycles. The van der Waals surface area contributed by atoms with Gasteiger partial charge in [0.05, 0.1) is 10.5 Å². The molecule has 1 N–H and O–H groups in total. The number of benzene rings is 1. The highest BCUT2D eigenvalue weighted by molar-refractivity contribution is 5.90. The summed E-state index contributed by atoms with van der Waals surface area (Å²) < 4.78 is 51.6. The fourth-order valence-electron chi connectivity index (χ4n) is 1.91. The van der Waals surface area contributed by atoms with Gasteiger partial charge in [-0.25, -0.2) is 0 Å². The number of rotatable bonds is 4. The first kappa shape index (κ1) is 18.1. The summed E-state index contributed by atoms with van der Waals surface area (Å²) in [5.74, 6) is -2.03. The van der Waals surface area contributed by atoms with Crippen LogP contribution < -0.4 is 10.9 Å². The molecule has 0 saturated heterocycles. The van der Waals surface area contributed by atoms with Crippen LogP contribution in [0.25, 0.3) is 0 Å². The number of hydrogen-bond donors (Lipinski definition) is 1. The molecular weight excluding hydrogens is 350 g/mol. The van der Waals surface area contributed by atoms with Crippen LogP contribution in [0.1, 0.15) is 5.56 Å². The highest BCUT2D eigenvalue weighted by Gasteiger charge is 2.31. The molecule has 2 aromatic rings. The van der Waals surface area contributed by atoms with E-state index >= 15 is 0 Å². The number of alkyl halides is 3. The van der Waals surface area contributed by atoms with Crippen LogP contribution in [0.4, 0.5) is 28.9 Å². The third-order valence-electron chi connectivity index (χ3n) is 3.05. The van der Waals surface area contributed by atoms with Gasteiger partial charge >= 0.3 is 11.9 Å². The number of nitrogens with one attached hydrogen (secondary N) is 1. The number of carbonyl (C=O) groups is 1. The molecule has 7 nitrogen and oxygen atoms in total. The van der Waals surface area contributed by atoms with Crippen molar-refractivity contribution in [3.63, 3.8) is 0 Å². The van der Waals surface area contributed by atoms with E-state index in [-0.39, 0.29) is 5.69 Å². The molecule has 0 fully saturated rings. The maximum absolute atomic E-state index is 13.2. The summed E-state index contributed by atoms with van der Waals surface area (Å²) in [6.07, 6.45) is -4.21. The number of anilines is 1. The first-order valence-electron chi connectivity index (χ1n) is 6.59. The Kier molecular flexibility index (Phi) is 4.86. The predicted molar refractivity (Wildman–Crippen MR) is 77.4 cm³/mol. The highest BCUT2D eigenvalue weighted by atomic mass is 19.4. The molecule has 1 aromatic heterocycles. The highest BCUT2D eigenvalue weighted by Crippen LogP contribution is 2.28. The average molecular weight is 359 g/mol. The number of nitro groups is 1. The van der Waals surface area contributed by atoms with Gasteiger partial charge in [0.2, 0.25) is 11.7 Å². The van der Waals surface area contributed by atoms with Crippen LogP contribution in [0.15, 0.2) is 41.3 Å². The van der Waals surface area contributed by atoms with Crippen LogP contribution in [0.3, 0.4) is 0 Å². The van der Waals surface area contributed by atoms with E-state index in [1.807, 2.05) is 0 Å². The maximum atomic E-state index is 13.2. The van der Waals surface area contributed by atoms with Gasteiger partial charge in [-0.05, 0) is 18.2 Å². The number of pyridine rings is 1. The van der Waals surface area contributed by atoms with Gasteiger partial charge in [-0.1, -0.05) is 0 Å². The standard InChI is InChI=1S/C14H9F4N3O4/c15-10-3-2-9(5-11(10)21(24)25)19-12(22)7-20-6-8(14(16,17)18)1-4-13(20)23/h1-6H,7H2,(H,19,22). The molecule has 2 rings (SSSR count). The molecule has 0 saturated carbocycles. The average Bonchev–Trinajstić information content (AvgIpc) is 2.50. The summed E-state index contributed by atoms with van der Waals surface area (Å²) in [5, 5.41) is 12.8. The number of amides is 1. The lowest BCUT2D eigenvalue weighted by molar-refractivity contribution is -0.387. The first-order valence-corrected chi connectivity index (χ1v) is 6.59. The zero-order valence-corrected chi connectivity index (χ0v) is 12.2. The maximum Gasteiger partial charge on any atom is 0.417 e. The molecule has 0 aliphatic heterocycles. The van der Waals surface area contributed by atoms with Crippen LogP contribution >= 0.6 is 0 Å². The first-order chi connectivity index (χ1) is 11.6. The zero-order valence-electron chi connectivity index (χ0n) is 12.2. The molecular formula is C14H9F4N3O4. The fraction of sp³-hybridized carbons (Fsp3) is 0.143. The van der Waals surface area contributed by atoms with E-state index in [1.165, 1.54) is 0 Å². The van der Waals surface area contributed by atoms with Crippen molar-refractivity contribution in [2.75, 3.05) is 5.32 Å². The smallest absolute Gasteiger partial charge is 0.324 e. The number of halogens is 4. The van der Waals surface area contributed by atoms with E-state index in [0.717, 1.165) is 18.2 Å². The number of nitrogens with zero attached hydrogens (tertiary/aromatic N) is 2. The second-order valence-electron chi connectivity index (χ2n) is 4.85. The van der Waals surface area contributed by atoms with Gasteiger partial charge in [0.25, 0.3) is 5.56 Å². The lowest BCUT2D eigenvalue weighted by atomic mass is 10.2. The van der Waals surface area contributed by atoms with Crippen LogP contribution in [0, 0.1) is 15.9 Å². The molecule has 0 unspecified atom stereocenters. The second-order valence-corrected chi connectivity index (χ2v) is 4.85. The summed E-state index contributed by atoms with van der Waals surface area (Å²) in [4.78, 5) is 33.0. The quantitative estimate of drug-likeness (QED) is 0.516. The van der Waals surface area contributed by atoms with Crippen molar-refractivity contribution >= 4 is 17.3 Å². The van der Waals surface area contributed by atoms with Crippen molar-refractivity contribution in [2.45, 2.75) is 12.7 Å². The van der Waals surface area contributed by atoms with Crippen molar-refractivity contribution in [3.8, 4) is 0 Å². The van der Waals surface area contributed by atoms with Gasteiger partial charge in [0.15, 0.2) is 0 Å². The minimum atomic E-state index is -4.69. The molecule has 0 bridgehead atoms. The molecule has 0 spiro atoms. The van der Waals surface area contributed by atoms with E-state index in [4.69, 9.17) is 0 Å². The summed E-state index contributed by atoms with van der Waals surface area (Å²) in [6.45, 7) is -0.756. The molecule has 25 heavy (non-hydrogen) atoms. The third kappa shape index (κ3) is 4.40. The topological polar surface area (TPSA) is 94.2 Å². The Morgan fingerprint density at radius 2 is 1.92 bits per heavy atom. The zero-order chi connectivity index (χ0) is 18.8. The lowest BCUT2D eigenvalue weighted by Crippen LogP contribution is -2.28. The van der Waals surface area contributed by atoms with Crippen molar-refractivity contribution < 1.29 is 27.3 Å². The Hall–Kier alpha value is -3.24. The number of nitro benzene ring substituents is 1. The Balaban J connectivity index is 2.20. The number of hydrogen-bond acceptors (Lipinski definition) is 4. The van der Waals surface area contributed by atoms with Crippen LogP contribution in [0.5, 0.6) is 0 Å². The van der Waals surface area contributed by atoms with E-state index in [0.29, 0.717) is 22.9 Å². The normalized spacial score (nSPS) is 11.2. The SMILES string of the molecule is O=C(Cn1cc(C(F)(F)F)ccc1=O)Nc1ccc(F)c([N+](=O)[O-])c1. The molecule has 1 amide bonds. The minimum absolute atomic E-state index is 0.141. The predicted octanol–water partition coefficient (Wildman–Crippen LogP) is 2.55. The molecule has 11 heteroatoms. The Morgan fingerprint density at radius 1 is 1.24 bits per heavy atom. The van der Waals surface area contributed by atoms with Gasteiger partial charge in [0, 0.05) is 24.0 Å². The van der Waals surface area contributed by atoms with Crippen molar-refractivity contribution in [1.82, 2.24) is 4.57 Å². The van der Waals surface area contributed by atoms with Gasteiger partial charge in [-0.2, -0.15) is 17.6 Å². The van der Waals surface area contributed by atoms with Gasteiger partial charge in [-0.3, -0.25) is 19.7 Å². The van der Waals surface area contributed by atoms with Crippen molar-refractivity contribution in [2.24, 2.45) is 0 Å². The molecule has 0 atom stereocenters. The van der Waals surface area contributed by atoms with Gasteiger partial charge in [-0.15, -0.1) is 0 Å². The van der Waals surface area contributed by atoms with E-state index in [1.54, 1.807) is 0 Å². The summed E-state index contributed by atoms with van der Waals surface area (Å²) >= 11 is 0. The van der Waals surface area contributed by atoms with Crippen LogP contribution in [0.2, 0.25) is 0 Å². The minimum Gasteiger partial charge on any atom is -0.324 e. The Labute approximate surface area is 136 Å². The largest absolute Gasteiger partial charge is 0.417 e. The van der Waals surface area contributed by atoms with Crippen molar-refractivity contribution in [1.29, 1.82) is 0 Å². The monoisotopic (exact) mass is 359 g/mol. The molecule has 1 heterocycles. The van der Waals surface area contributed by atoms with Gasteiger partial charge < -0.3 is 9.88 Å². The third-order valence-corrected chi connectivity index (χ3v) is 3.05. The Bertz CT molecular complexity index is 892. The van der Waals surface area contributed by atoms with E-state index in [2.05, 4.69) is 5.32 Å². The van der Waals surface area contributed by atoms with Gasteiger partial charge in [0.1, 0.15) is 6.54 Å². The second kappa shape index (κ2) is 6.71. The number of carbonyl (C=O) groups excluding carboxylic acids is 1.